The van der Waals surface area contributed by atoms with Gasteiger partial charge >= 0.3 is 0 Å². The minimum atomic E-state index is 0.277. The molecule has 0 amide bonds. The summed E-state index contributed by atoms with van der Waals surface area (Å²) in [6.45, 7) is 8.55. The van der Waals surface area contributed by atoms with Crippen LogP contribution in [0.2, 0.25) is 0 Å². The Morgan fingerprint density at radius 3 is 2.69 bits per heavy atom. The van der Waals surface area contributed by atoms with Gasteiger partial charge in [0.2, 0.25) is 0 Å². The van der Waals surface area contributed by atoms with E-state index in [1.165, 1.54) is 29.7 Å². The molecule has 2 nitrogen and oxygen atoms in total. The van der Waals surface area contributed by atoms with Crippen LogP contribution in [0.25, 0.3) is 0 Å². The topological polar surface area (TPSA) is 29.3 Å². The number of nitrogens with zero attached hydrogens (tertiary/aromatic N) is 1. The molecule has 0 unspecified atom stereocenters. The van der Waals surface area contributed by atoms with Crippen molar-refractivity contribution >= 4 is 5.69 Å². The van der Waals surface area contributed by atoms with Crippen molar-refractivity contribution in [1.82, 2.24) is 0 Å². The number of hydrogen-bond donors (Lipinski definition) is 1. The molecule has 2 rings (SSSR count). The third-order valence-corrected chi connectivity index (χ3v) is 3.65. The van der Waals surface area contributed by atoms with E-state index in [-0.39, 0.29) is 5.54 Å². The SMILES string of the molecule is Cc1ccc(N2CCCC2(C)C)c(CN)c1. The van der Waals surface area contributed by atoms with E-state index >= 15 is 0 Å². The van der Waals surface area contributed by atoms with Gasteiger partial charge in [-0.25, -0.2) is 0 Å². The molecule has 16 heavy (non-hydrogen) atoms. The predicted molar refractivity (Wildman–Crippen MR) is 69.7 cm³/mol. The summed E-state index contributed by atoms with van der Waals surface area (Å²) in [5.41, 5.74) is 10.0. The molecule has 1 fully saturated rings. The van der Waals surface area contributed by atoms with E-state index < -0.39 is 0 Å². The average Bonchev–Trinajstić information content (AvgIpc) is 2.58. The Morgan fingerprint density at radius 1 is 1.38 bits per heavy atom. The second kappa shape index (κ2) is 4.10. The second-order valence-electron chi connectivity index (χ2n) is 5.40. The molecule has 1 heterocycles. The summed E-state index contributed by atoms with van der Waals surface area (Å²) in [7, 11) is 0. The number of rotatable bonds is 2. The summed E-state index contributed by atoms with van der Waals surface area (Å²) in [5, 5.41) is 0. The number of benzene rings is 1. The van der Waals surface area contributed by atoms with Crippen LogP contribution in [0.4, 0.5) is 5.69 Å². The van der Waals surface area contributed by atoms with Gasteiger partial charge in [0.05, 0.1) is 0 Å². The molecule has 0 aliphatic carbocycles. The zero-order valence-electron chi connectivity index (χ0n) is 10.6. The van der Waals surface area contributed by atoms with E-state index in [0.29, 0.717) is 6.54 Å². The van der Waals surface area contributed by atoms with Crippen LogP contribution in [-0.2, 0) is 6.54 Å². The van der Waals surface area contributed by atoms with E-state index in [4.69, 9.17) is 5.73 Å². The zero-order valence-corrected chi connectivity index (χ0v) is 10.6. The predicted octanol–water partition coefficient (Wildman–Crippen LogP) is 2.83. The summed E-state index contributed by atoms with van der Waals surface area (Å²) in [6, 6.07) is 6.62. The Labute approximate surface area is 98.4 Å². The molecule has 2 N–H and O–H groups in total. The van der Waals surface area contributed by atoms with Gasteiger partial charge in [0, 0.05) is 24.3 Å². The maximum Gasteiger partial charge on any atom is 0.0416 e. The van der Waals surface area contributed by atoms with Gasteiger partial charge in [-0.05, 0) is 45.2 Å². The van der Waals surface area contributed by atoms with Gasteiger partial charge in [-0.3, -0.25) is 0 Å². The van der Waals surface area contributed by atoms with Gasteiger partial charge in [-0.1, -0.05) is 17.7 Å². The van der Waals surface area contributed by atoms with Crippen LogP contribution in [0, 0.1) is 6.92 Å². The lowest BCUT2D eigenvalue weighted by molar-refractivity contribution is 0.517. The smallest absolute Gasteiger partial charge is 0.0416 e. The van der Waals surface area contributed by atoms with E-state index in [9.17, 15) is 0 Å². The highest BCUT2D eigenvalue weighted by Crippen LogP contribution is 2.35. The number of nitrogens with two attached hydrogens (primary N) is 1. The van der Waals surface area contributed by atoms with Crippen LogP contribution in [0.15, 0.2) is 18.2 Å². The lowest BCUT2D eigenvalue weighted by atomic mass is 10.00. The maximum absolute atomic E-state index is 5.85. The first-order valence-electron chi connectivity index (χ1n) is 6.12. The van der Waals surface area contributed by atoms with Gasteiger partial charge < -0.3 is 10.6 Å². The molecule has 0 aromatic heterocycles. The van der Waals surface area contributed by atoms with Crippen LogP contribution in [0.3, 0.4) is 0 Å². The van der Waals surface area contributed by atoms with Crippen molar-refractivity contribution in [2.45, 2.75) is 45.7 Å². The van der Waals surface area contributed by atoms with Gasteiger partial charge in [-0.2, -0.15) is 0 Å². The fourth-order valence-electron chi connectivity index (χ4n) is 2.70. The van der Waals surface area contributed by atoms with Gasteiger partial charge in [-0.15, -0.1) is 0 Å². The summed E-state index contributed by atoms with van der Waals surface area (Å²) in [4.78, 5) is 2.51. The Bertz CT molecular complexity index is 382. The van der Waals surface area contributed by atoms with E-state index in [1.807, 2.05) is 0 Å². The zero-order chi connectivity index (χ0) is 11.8. The first kappa shape index (κ1) is 11.5. The Balaban J connectivity index is 2.40. The molecule has 0 radical (unpaired) electrons. The summed E-state index contributed by atoms with van der Waals surface area (Å²) in [5.74, 6) is 0. The highest BCUT2D eigenvalue weighted by atomic mass is 15.2. The second-order valence-corrected chi connectivity index (χ2v) is 5.40. The molecule has 0 saturated carbocycles. The molecule has 0 bridgehead atoms. The van der Waals surface area contributed by atoms with Crippen molar-refractivity contribution in [2.24, 2.45) is 5.73 Å². The lowest BCUT2D eigenvalue weighted by Crippen LogP contribution is -2.38. The molecule has 1 aromatic carbocycles. The minimum absolute atomic E-state index is 0.277. The van der Waals surface area contributed by atoms with Crippen molar-refractivity contribution in [1.29, 1.82) is 0 Å². The van der Waals surface area contributed by atoms with E-state index in [1.54, 1.807) is 0 Å². The maximum atomic E-state index is 5.85. The largest absolute Gasteiger partial charge is 0.366 e. The Kier molecular flexibility index (Phi) is 2.94. The Hall–Kier alpha value is -1.02. The quantitative estimate of drug-likeness (QED) is 0.827. The first-order valence-corrected chi connectivity index (χ1v) is 6.12. The van der Waals surface area contributed by atoms with E-state index in [2.05, 4.69) is 43.9 Å². The molecular formula is C14H22N2. The molecule has 2 heteroatoms. The normalized spacial score (nSPS) is 19.1. The average molecular weight is 218 g/mol. The molecule has 0 atom stereocenters. The van der Waals surface area contributed by atoms with Crippen LogP contribution in [-0.4, -0.2) is 12.1 Å². The highest BCUT2D eigenvalue weighted by Gasteiger charge is 2.32. The fraction of sp³-hybridized carbons (Fsp3) is 0.571. The third-order valence-electron chi connectivity index (χ3n) is 3.65. The Morgan fingerprint density at radius 2 is 2.12 bits per heavy atom. The summed E-state index contributed by atoms with van der Waals surface area (Å²) < 4.78 is 0. The van der Waals surface area contributed by atoms with Gasteiger partial charge in [0.15, 0.2) is 0 Å². The van der Waals surface area contributed by atoms with Gasteiger partial charge in [0.1, 0.15) is 0 Å². The van der Waals surface area contributed by atoms with Crippen LogP contribution in [0.1, 0.15) is 37.8 Å². The van der Waals surface area contributed by atoms with E-state index in [0.717, 1.165) is 6.54 Å². The molecular weight excluding hydrogens is 196 g/mol. The number of aryl methyl sites for hydroxylation is 1. The summed E-state index contributed by atoms with van der Waals surface area (Å²) in [6.07, 6.45) is 2.55. The molecule has 1 saturated heterocycles. The first-order chi connectivity index (χ1) is 7.54. The van der Waals surface area contributed by atoms with Crippen molar-refractivity contribution in [3.63, 3.8) is 0 Å². The molecule has 1 aliphatic rings. The fourth-order valence-corrected chi connectivity index (χ4v) is 2.70. The standard InChI is InChI=1S/C14H22N2/c1-11-5-6-13(12(9-11)10-15)16-8-4-7-14(16,2)3/h5-6,9H,4,7-8,10,15H2,1-3H3. The van der Waals surface area contributed by atoms with Crippen molar-refractivity contribution < 1.29 is 0 Å². The van der Waals surface area contributed by atoms with Gasteiger partial charge in [0.25, 0.3) is 0 Å². The minimum Gasteiger partial charge on any atom is -0.366 e. The van der Waals surface area contributed by atoms with Crippen molar-refractivity contribution in [3.8, 4) is 0 Å². The van der Waals surface area contributed by atoms with Crippen LogP contribution in [0.5, 0.6) is 0 Å². The van der Waals surface area contributed by atoms with Crippen LogP contribution >= 0.6 is 0 Å². The third kappa shape index (κ3) is 1.94. The number of hydrogen-bond acceptors (Lipinski definition) is 2. The number of anilines is 1. The monoisotopic (exact) mass is 218 g/mol. The molecule has 1 aromatic rings. The molecule has 0 spiro atoms. The lowest BCUT2D eigenvalue weighted by Gasteiger charge is -2.35. The summed E-state index contributed by atoms with van der Waals surface area (Å²) >= 11 is 0. The van der Waals surface area contributed by atoms with Crippen molar-refractivity contribution in [3.05, 3.63) is 29.3 Å². The molecule has 88 valence electrons. The van der Waals surface area contributed by atoms with Crippen LogP contribution < -0.4 is 10.6 Å². The molecule has 1 aliphatic heterocycles. The van der Waals surface area contributed by atoms with Crippen molar-refractivity contribution in [2.75, 3.05) is 11.4 Å². The highest BCUT2D eigenvalue weighted by molar-refractivity contribution is 5.57.